The Hall–Kier alpha value is -1.11. The minimum absolute atomic E-state index is 0.00837. The van der Waals surface area contributed by atoms with E-state index in [0.29, 0.717) is 15.7 Å². The zero-order chi connectivity index (χ0) is 12.4. The molecular formula is C10H6BrClN2O2S. The Kier molecular flexibility index (Phi) is 3.66. The SMILES string of the molecule is O=C(O)c1ncsc1Nc1ccc(Br)c(Cl)c1. The van der Waals surface area contributed by atoms with Crippen molar-refractivity contribution in [3.05, 3.63) is 38.9 Å². The summed E-state index contributed by atoms with van der Waals surface area (Å²) in [6, 6.07) is 5.28. The highest BCUT2D eigenvalue weighted by Crippen LogP contribution is 2.29. The van der Waals surface area contributed by atoms with Crippen LogP contribution in [0.15, 0.2) is 28.2 Å². The molecule has 4 nitrogen and oxygen atoms in total. The van der Waals surface area contributed by atoms with E-state index in [1.54, 1.807) is 18.2 Å². The number of carbonyl (C=O) groups is 1. The summed E-state index contributed by atoms with van der Waals surface area (Å²) < 4.78 is 0.785. The number of carboxylic acids is 1. The largest absolute Gasteiger partial charge is 0.476 e. The number of nitrogens with one attached hydrogen (secondary N) is 1. The van der Waals surface area contributed by atoms with Crippen LogP contribution >= 0.6 is 38.9 Å². The predicted molar refractivity (Wildman–Crippen MR) is 71.5 cm³/mol. The number of halogens is 2. The number of anilines is 2. The third-order valence-corrected chi connectivity index (χ3v) is 3.92. The average Bonchev–Trinajstić information content (AvgIpc) is 2.72. The molecule has 0 aliphatic rings. The molecule has 1 heterocycles. The summed E-state index contributed by atoms with van der Waals surface area (Å²) >= 11 is 10.4. The zero-order valence-corrected chi connectivity index (χ0v) is 11.4. The molecule has 0 aliphatic carbocycles. The highest BCUT2D eigenvalue weighted by Gasteiger charge is 2.13. The molecule has 0 spiro atoms. The molecule has 0 radical (unpaired) electrons. The number of carboxylic acid groups (broad SMARTS) is 1. The standard InChI is InChI=1S/C10H6BrClN2O2S/c11-6-2-1-5(3-7(6)12)14-9-8(10(15)16)13-4-17-9/h1-4,14H,(H,15,16). The number of hydrogen-bond acceptors (Lipinski definition) is 4. The van der Waals surface area contributed by atoms with E-state index < -0.39 is 5.97 Å². The predicted octanol–water partition coefficient (Wildman–Crippen LogP) is 4.00. The van der Waals surface area contributed by atoms with Gasteiger partial charge in [-0.25, -0.2) is 9.78 Å². The lowest BCUT2D eigenvalue weighted by Gasteiger charge is -2.05. The molecule has 1 aromatic carbocycles. The summed E-state index contributed by atoms with van der Waals surface area (Å²) in [6.07, 6.45) is 0. The van der Waals surface area contributed by atoms with Crippen molar-refractivity contribution in [2.75, 3.05) is 5.32 Å². The molecule has 7 heteroatoms. The van der Waals surface area contributed by atoms with Gasteiger partial charge in [-0.1, -0.05) is 11.6 Å². The van der Waals surface area contributed by atoms with E-state index in [1.165, 1.54) is 16.8 Å². The lowest BCUT2D eigenvalue weighted by molar-refractivity contribution is 0.0692. The van der Waals surface area contributed by atoms with Gasteiger partial charge in [0.1, 0.15) is 5.00 Å². The Balaban J connectivity index is 2.28. The highest BCUT2D eigenvalue weighted by molar-refractivity contribution is 9.10. The molecular weight excluding hydrogens is 328 g/mol. The quantitative estimate of drug-likeness (QED) is 0.891. The van der Waals surface area contributed by atoms with Crippen LogP contribution in [-0.4, -0.2) is 16.1 Å². The van der Waals surface area contributed by atoms with Crippen LogP contribution in [0.3, 0.4) is 0 Å². The number of hydrogen-bond donors (Lipinski definition) is 2. The minimum atomic E-state index is -1.06. The van der Waals surface area contributed by atoms with E-state index in [4.69, 9.17) is 16.7 Å². The van der Waals surface area contributed by atoms with Gasteiger partial charge in [-0.15, -0.1) is 11.3 Å². The van der Waals surface area contributed by atoms with Crippen molar-refractivity contribution in [2.45, 2.75) is 0 Å². The Morgan fingerprint density at radius 2 is 2.29 bits per heavy atom. The Morgan fingerprint density at radius 3 is 2.94 bits per heavy atom. The van der Waals surface area contributed by atoms with E-state index in [9.17, 15) is 4.79 Å². The van der Waals surface area contributed by atoms with E-state index in [2.05, 4.69) is 26.2 Å². The van der Waals surface area contributed by atoms with Gasteiger partial charge in [0.2, 0.25) is 0 Å². The van der Waals surface area contributed by atoms with Crippen molar-refractivity contribution >= 4 is 55.5 Å². The van der Waals surface area contributed by atoms with E-state index in [1.807, 2.05) is 0 Å². The molecule has 0 fully saturated rings. The van der Waals surface area contributed by atoms with Crippen LogP contribution in [0.1, 0.15) is 10.5 Å². The fourth-order valence-corrected chi connectivity index (χ4v) is 2.31. The van der Waals surface area contributed by atoms with Crippen LogP contribution < -0.4 is 5.32 Å². The van der Waals surface area contributed by atoms with Gasteiger partial charge in [0.05, 0.1) is 10.5 Å². The van der Waals surface area contributed by atoms with Crippen molar-refractivity contribution in [2.24, 2.45) is 0 Å². The molecule has 0 amide bonds. The smallest absolute Gasteiger partial charge is 0.357 e. The van der Waals surface area contributed by atoms with Crippen LogP contribution in [0.5, 0.6) is 0 Å². The number of rotatable bonds is 3. The molecule has 0 aliphatic heterocycles. The molecule has 2 N–H and O–H groups in total. The normalized spacial score (nSPS) is 10.2. The molecule has 1 aromatic heterocycles. The maximum atomic E-state index is 10.9. The first kappa shape index (κ1) is 12.3. The van der Waals surface area contributed by atoms with Gasteiger partial charge in [0, 0.05) is 10.2 Å². The second-order valence-corrected chi connectivity index (χ2v) is 5.21. The van der Waals surface area contributed by atoms with Crippen LogP contribution in [0.25, 0.3) is 0 Å². The summed E-state index contributed by atoms with van der Waals surface area (Å²) in [7, 11) is 0. The molecule has 0 saturated carbocycles. The van der Waals surface area contributed by atoms with Crippen LogP contribution in [0, 0.1) is 0 Å². The third kappa shape index (κ3) is 2.77. The number of thiazole rings is 1. The Labute approximate surface area is 114 Å². The van der Waals surface area contributed by atoms with Crippen molar-refractivity contribution in [3.63, 3.8) is 0 Å². The molecule has 2 aromatic rings. The van der Waals surface area contributed by atoms with Crippen molar-refractivity contribution in [1.82, 2.24) is 4.98 Å². The first-order valence-electron chi connectivity index (χ1n) is 4.47. The van der Waals surface area contributed by atoms with E-state index in [0.717, 1.165) is 4.47 Å². The van der Waals surface area contributed by atoms with E-state index in [-0.39, 0.29) is 5.69 Å². The molecule has 17 heavy (non-hydrogen) atoms. The summed E-state index contributed by atoms with van der Waals surface area (Å²) in [5.41, 5.74) is 2.20. The van der Waals surface area contributed by atoms with Gasteiger partial charge in [-0.3, -0.25) is 0 Å². The van der Waals surface area contributed by atoms with Crippen molar-refractivity contribution in [3.8, 4) is 0 Å². The molecule has 0 atom stereocenters. The number of benzene rings is 1. The fourth-order valence-electron chi connectivity index (χ4n) is 1.19. The summed E-state index contributed by atoms with van der Waals surface area (Å²) in [4.78, 5) is 14.6. The second kappa shape index (κ2) is 5.03. The first-order valence-corrected chi connectivity index (χ1v) is 6.52. The van der Waals surface area contributed by atoms with E-state index >= 15 is 0 Å². The first-order chi connectivity index (χ1) is 8.08. The van der Waals surface area contributed by atoms with Gasteiger partial charge in [-0.2, -0.15) is 0 Å². The topological polar surface area (TPSA) is 62.2 Å². The fraction of sp³-hybridized carbons (Fsp3) is 0. The monoisotopic (exact) mass is 332 g/mol. The Bertz CT molecular complexity index is 573. The van der Waals surface area contributed by atoms with Crippen LogP contribution in [-0.2, 0) is 0 Å². The average molecular weight is 334 g/mol. The van der Waals surface area contributed by atoms with Gasteiger partial charge in [-0.05, 0) is 34.1 Å². The molecule has 88 valence electrons. The molecule has 0 saturated heterocycles. The van der Waals surface area contributed by atoms with Crippen LogP contribution in [0.2, 0.25) is 5.02 Å². The van der Waals surface area contributed by atoms with Crippen molar-refractivity contribution in [1.29, 1.82) is 0 Å². The number of aromatic carboxylic acids is 1. The maximum Gasteiger partial charge on any atom is 0.357 e. The number of nitrogens with zero attached hydrogens (tertiary/aromatic N) is 1. The summed E-state index contributed by atoms with van der Waals surface area (Å²) in [5, 5.41) is 12.9. The van der Waals surface area contributed by atoms with Gasteiger partial charge in [0.25, 0.3) is 0 Å². The highest BCUT2D eigenvalue weighted by atomic mass is 79.9. The zero-order valence-electron chi connectivity index (χ0n) is 8.28. The lowest BCUT2D eigenvalue weighted by atomic mass is 10.3. The summed E-state index contributed by atoms with van der Waals surface area (Å²) in [5.74, 6) is -1.06. The summed E-state index contributed by atoms with van der Waals surface area (Å²) in [6.45, 7) is 0. The van der Waals surface area contributed by atoms with Gasteiger partial charge in [0.15, 0.2) is 5.69 Å². The van der Waals surface area contributed by atoms with Crippen molar-refractivity contribution < 1.29 is 9.90 Å². The van der Waals surface area contributed by atoms with Gasteiger partial charge >= 0.3 is 5.97 Å². The second-order valence-electron chi connectivity index (χ2n) is 3.09. The number of aromatic nitrogens is 1. The maximum absolute atomic E-state index is 10.9. The molecule has 2 rings (SSSR count). The third-order valence-electron chi connectivity index (χ3n) is 1.95. The minimum Gasteiger partial charge on any atom is -0.476 e. The molecule has 0 bridgehead atoms. The van der Waals surface area contributed by atoms with Gasteiger partial charge < -0.3 is 10.4 Å². The van der Waals surface area contributed by atoms with Crippen LogP contribution in [0.4, 0.5) is 10.7 Å². The lowest BCUT2D eigenvalue weighted by Crippen LogP contribution is -2.00. The molecule has 0 unspecified atom stereocenters. The Morgan fingerprint density at radius 1 is 1.53 bits per heavy atom.